The summed E-state index contributed by atoms with van der Waals surface area (Å²) in [7, 11) is 3.66. The largest absolute Gasteiger partial charge is 0.496 e. The lowest BCUT2D eigenvalue weighted by Gasteiger charge is -2.18. The highest BCUT2D eigenvalue weighted by molar-refractivity contribution is 7.99. The molecular formula is C15H18N2OS. The Morgan fingerprint density at radius 2 is 2.05 bits per heavy atom. The van der Waals surface area contributed by atoms with Crippen LogP contribution in [0.25, 0.3) is 0 Å². The van der Waals surface area contributed by atoms with Crippen molar-refractivity contribution in [3.8, 4) is 5.75 Å². The van der Waals surface area contributed by atoms with Crippen LogP contribution in [0.1, 0.15) is 18.5 Å². The Morgan fingerprint density at radius 1 is 1.21 bits per heavy atom. The molecular weight excluding hydrogens is 256 g/mol. The number of hydrogen-bond donors (Lipinski definition) is 1. The van der Waals surface area contributed by atoms with E-state index in [1.165, 1.54) is 10.5 Å². The lowest BCUT2D eigenvalue weighted by atomic mass is 10.1. The van der Waals surface area contributed by atoms with E-state index in [0.717, 1.165) is 10.8 Å². The van der Waals surface area contributed by atoms with Crippen LogP contribution in [0.2, 0.25) is 0 Å². The number of nitrogens with zero attached hydrogens (tertiary/aromatic N) is 1. The summed E-state index contributed by atoms with van der Waals surface area (Å²) in [6, 6.07) is 12.3. The summed E-state index contributed by atoms with van der Waals surface area (Å²) in [5.74, 6) is 0.905. The molecule has 1 N–H and O–H groups in total. The number of rotatable bonds is 5. The number of hydrogen-bond acceptors (Lipinski definition) is 4. The zero-order valence-corrected chi connectivity index (χ0v) is 12.2. The van der Waals surface area contributed by atoms with Crippen LogP contribution in [-0.4, -0.2) is 19.1 Å². The number of aromatic nitrogens is 1. The van der Waals surface area contributed by atoms with Gasteiger partial charge in [0.25, 0.3) is 0 Å². The molecule has 0 amide bonds. The van der Waals surface area contributed by atoms with Gasteiger partial charge in [0.05, 0.1) is 7.11 Å². The van der Waals surface area contributed by atoms with Gasteiger partial charge in [-0.2, -0.15) is 0 Å². The molecule has 2 rings (SSSR count). The fraction of sp³-hybridized carbons (Fsp3) is 0.267. The molecule has 2 aromatic rings. The van der Waals surface area contributed by atoms with Gasteiger partial charge in [-0.05, 0) is 38.2 Å². The molecule has 0 spiro atoms. The van der Waals surface area contributed by atoms with Crippen LogP contribution in [-0.2, 0) is 0 Å². The first kappa shape index (κ1) is 13.9. The highest BCUT2D eigenvalue weighted by Gasteiger charge is 2.15. The van der Waals surface area contributed by atoms with Gasteiger partial charge in [0.1, 0.15) is 10.8 Å². The van der Waals surface area contributed by atoms with E-state index in [0.29, 0.717) is 0 Å². The summed E-state index contributed by atoms with van der Waals surface area (Å²) in [6.07, 6.45) is 1.81. The van der Waals surface area contributed by atoms with Gasteiger partial charge in [-0.3, -0.25) is 0 Å². The standard InChI is InChI=1S/C15H18N2OS/c1-11(16-2)15-12(18-3)7-6-8-13(15)19-14-9-4-5-10-17-14/h4-11,16H,1-3H3. The van der Waals surface area contributed by atoms with Gasteiger partial charge in [-0.15, -0.1) is 0 Å². The molecule has 4 heteroatoms. The van der Waals surface area contributed by atoms with Crippen LogP contribution in [0.5, 0.6) is 5.75 Å². The molecule has 0 bridgehead atoms. The second-order valence-corrected chi connectivity index (χ2v) is 5.21. The van der Waals surface area contributed by atoms with Crippen LogP contribution in [0.4, 0.5) is 0 Å². The van der Waals surface area contributed by atoms with Crippen molar-refractivity contribution in [1.82, 2.24) is 10.3 Å². The first-order valence-corrected chi connectivity index (χ1v) is 7.01. The molecule has 0 saturated heterocycles. The molecule has 0 fully saturated rings. The Kier molecular flexibility index (Phi) is 4.82. The first-order valence-electron chi connectivity index (χ1n) is 6.19. The summed E-state index contributed by atoms with van der Waals surface area (Å²) in [4.78, 5) is 5.52. The van der Waals surface area contributed by atoms with Crippen molar-refractivity contribution in [2.24, 2.45) is 0 Å². The van der Waals surface area contributed by atoms with E-state index in [1.54, 1.807) is 18.9 Å². The molecule has 1 aromatic carbocycles. The van der Waals surface area contributed by atoms with Crippen LogP contribution in [0, 0.1) is 0 Å². The minimum atomic E-state index is 0.224. The van der Waals surface area contributed by atoms with E-state index in [-0.39, 0.29) is 6.04 Å². The number of nitrogens with one attached hydrogen (secondary N) is 1. The van der Waals surface area contributed by atoms with Crippen LogP contribution in [0.3, 0.4) is 0 Å². The van der Waals surface area contributed by atoms with Crippen LogP contribution < -0.4 is 10.1 Å². The molecule has 0 aliphatic heterocycles. The van der Waals surface area contributed by atoms with Gasteiger partial charge >= 0.3 is 0 Å². The zero-order valence-electron chi connectivity index (χ0n) is 11.4. The maximum Gasteiger partial charge on any atom is 0.124 e. The summed E-state index contributed by atoms with van der Waals surface area (Å²) in [5.41, 5.74) is 1.17. The Labute approximate surface area is 118 Å². The first-order chi connectivity index (χ1) is 9.26. The van der Waals surface area contributed by atoms with E-state index in [9.17, 15) is 0 Å². The third-order valence-corrected chi connectivity index (χ3v) is 3.99. The van der Waals surface area contributed by atoms with Gasteiger partial charge in [-0.1, -0.05) is 23.9 Å². The zero-order chi connectivity index (χ0) is 13.7. The monoisotopic (exact) mass is 274 g/mol. The number of ether oxygens (including phenoxy) is 1. The van der Waals surface area contributed by atoms with Gasteiger partial charge in [0, 0.05) is 22.7 Å². The fourth-order valence-corrected chi connectivity index (χ4v) is 2.90. The van der Waals surface area contributed by atoms with Crippen molar-refractivity contribution in [2.75, 3.05) is 14.2 Å². The van der Waals surface area contributed by atoms with E-state index >= 15 is 0 Å². The minimum Gasteiger partial charge on any atom is -0.496 e. The van der Waals surface area contributed by atoms with Crippen LogP contribution in [0.15, 0.2) is 52.5 Å². The number of benzene rings is 1. The molecule has 0 aliphatic carbocycles. The van der Waals surface area contributed by atoms with E-state index < -0.39 is 0 Å². The fourth-order valence-electron chi connectivity index (χ4n) is 1.88. The Bertz CT molecular complexity index is 531. The molecule has 1 unspecified atom stereocenters. The SMILES string of the molecule is CNC(C)c1c(OC)cccc1Sc1ccccn1. The highest BCUT2D eigenvalue weighted by Crippen LogP contribution is 2.37. The van der Waals surface area contributed by atoms with Gasteiger partial charge in [-0.25, -0.2) is 4.98 Å². The maximum absolute atomic E-state index is 5.47. The Morgan fingerprint density at radius 3 is 2.68 bits per heavy atom. The van der Waals surface area contributed by atoms with Crippen molar-refractivity contribution in [1.29, 1.82) is 0 Å². The number of methoxy groups -OCH3 is 1. The molecule has 0 saturated carbocycles. The highest BCUT2D eigenvalue weighted by atomic mass is 32.2. The molecule has 1 heterocycles. The van der Waals surface area contributed by atoms with Crippen molar-refractivity contribution in [3.05, 3.63) is 48.2 Å². The average molecular weight is 274 g/mol. The normalized spacial score (nSPS) is 12.2. The summed E-state index contributed by atoms with van der Waals surface area (Å²) >= 11 is 1.66. The molecule has 19 heavy (non-hydrogen) atoms. The number of pyridine rings is 1. The maximum atomic E-state index is 5.47. The molecule has 0 aliphatic rings. The van der Waals surface area contributed by atoms with E-state index in [1.807, 2.05) is 43.6 Å². The average Bonchev–Trinajstić information content (AvgIpc) is 2.47. The van der Waals surface area contributed by atoms with Gasteiger partial charge < -0.3 is 10.1 Å². The third kappa shape index (κ3) is 3.28. The minimum absolute atomic E-state index is 0.224. The smallest absolute Gasteiger partial charge is 0.124 e. The summed E-state index contributed by atoms with van der Waals surface area (Å²) < 4.78 is 5.47. The Balaban J connectivity index is 2.39. The second-order valence-electron chi connectivity index (χ2n) is 4.15. The molecule has 100 valence electrons. The van der Waals surface area contributed by atoms with Gasteiger partial charge in [0.2, 0.25) is 0 Å². The Hall–Kier alpha value is -1.52. The third-order valence-electron chi connectivity index (χ3n) is 2.96. The molecule has 0 radical (unpaired) electrons. The summed E-state index contributed by atoms with van der Waals surface area (Å²) in [5, 5.41) is 4.25. The van der Waals surface area contributed by atoms with Gasteiger partial charge in [0.15, 0.2) is 0 Å². The second kappa shape index (κ2) is 6.59. The van der Waals surface area contributed by atoms with Crippen molar-refractivity contribution < 1.29 is 4.74 Å². The van der Waals surface area contributed by atoms with Crippen molar-refractivity contribution >= 4 is 11.8 Å². The summed E-state index contributed by atoms with van der Waals surface area (Å²) in [6.45, 7) is 2.13. The predicted molar refractivity (Wildman–Crippen MR) is 78.8 cm³/mol. The van der Waals surface area contributed by atoms with Crippen LogP contribution >= 0.6 is 11.8 Å². The van der Waals surface area contributed by atoms with E-state index in [2.05, 4.69) is 23.3 Å². The molecule has 1 aromatic heterocycles. The molecule has 3 nitrogen and oxygen atoms in total. The van der Waals surface area contributed by atoms with Crippen molar-refractivity contribution in [3.63, 3.8) is 0 Å². The lowest BCUT2D eigenvalue weighted by molar-refractivity contribution is 0.401. The quantitative estimate of drug-likeness (QED) is 0.904. The van der Waals surface area contributed by atoms with Crippen molar-refractivity contribution in [2.45, 2.75) is 22.9 Å². The van der Waals surface area contributed by atoms with E-state index in [4.69, 9.17) is 4.74 Å². The predicted octanol–water partition coefficient (Wildman–Crippen LogP) is 3.52. The lowest BCUT2D eigenvalue weighted by Crippen LogP contribution is -2.14. The topological polar surface area (TPSA) is 34.1 Å². The molecule has 1 atom stereocenters.